The molecule has 174 valence electrons. The topological polar surface area (TPSA) is 52.7 Å². The number of nitrogens with zero attached hydrogens (tertiary/aromatic N) is 2. The van der Waals surface area contributed by atoms with E-state index in [4.69, 9.17) is 0 Å². The number of carbonyl (C=O) groups excluding carboxylic acids is 2. The molecule has 0 aromatic heterocycles. The number of rotatable bonds is 9. The van der Waals surface area contributed by atoms with Crippen molar-refractivity contribution in [2.24, 2.45) is 5.41 Å². The van der Waals surface area contributed by atoms with Crippen LogP contribution in [0.3, 0.4) is 0 Å². The lowest BCUT2D eigenvalue weighted by Gasteiger charge is -2.35. The molecule has 2 aromatic rings. The normalized spacial score (nSPS) is 12.2. The molecular formula is C27H39N3O2. The molecule has 0 aliphatic carbocycles. The van der Waals surface area contributed by atoms with E-state index in [1.54, 1.807) is 0 Å². The number of hydrogen-bond acceptors (Lipinski definition) is 3. The highest BCUT2D eigenvalue weighted by molar-refractivity contribution is 5.91. The van der Waals surface area contributed by atoms with Crippen LogP contribution in [0.5, 0.6) is 0 Å². The molecule has 1 atom stereocenters. The largest absolute Gasteiger partial charge is 0.377 e. The molecule has 2 aromatic carbocycles. The molecule has 0 aliphatic rings. The van der Waals surface area contributed by atoms with E-state index < -0.39 is 5.41 Å². The van der Waals surface area contributed by atoms with Gasteiger partial charge in [-0.25, -0.2) is 0 Å². The molecule has 0 bridgehead atoms. The Balaban J connectivity index is 2.42. The first-order chi connectivity index (χ1) is 15.0. The van der Waals surface area contributed by atoms with Crippen LogP contribution in [0.25, 0.3) is 0 Å². The standard InChI is InChI=1S/C27H39N3O2/c1-8-9-15-25(31)28-23-16-17-24(29(6)7)22(18-23)19-30(26(32)27(3,4)5)20(2)21-13-11-10-12-14-21/h10-14,16-18,20H,8-9,15,19H2,1-7H3,(H,28,31)/t20-/m0/s1. The molecule has 0 radical (unpaired) electrons. The van der Waals surface area contributed by atoms with Gasteiger partial charge in [0.15, 0.2) is 0 Å². The van der Waals surface area contributed by atoms with Gasteiger partial charge in [-0.05, 0) is 42.7 Å². The summed E-state index contributed by atoms with van der Waals surface area (Å²) in [7, 11) is 3.99. The molecule has 0 heterocycles. The van der Waals surface area contributed by atoms with Gasteiger partial charge in [0.05, 0.1) is 6.04 Å². The van der Waals surface area contributed by atoms with Gasteiger partial charge in [-0.2, -0.15) is 0 Å². The van der Waals surface area contributed by atoms with Gasteiger partial charge >= 0.3 is 0 Å². The van der Waals surface area contributed by atoms with Crippen LogP contribution < -0.4 is 10.2 Å². The number of nitrogens with one attached hydrogen (secondary N) is 1. The number of amides is 2. The molecular weight excluding hydrogens is 398 g/mol. The molecule has 0 unspecified atom stereocenters. The molecule has 0 fully saturated rings. The van der Waals surface area contributed by atoms with Crippen molar-refractivity contribution in [3.05, 3.63) is 59.7 Å². The monoisotopic (exact) mass is 437 g/mol. The summed E-state index contributed by atoms with van der Waals surface area (Å²) in [4.78, 5) is 29.8. The number of unbranched alkanes of at least 4 members (excludes halogenated alkanes) is 1. The minimum Gasteiger partial charge on any atom is -0.377 e. The van der Waals surface area contributed by atoms with Crippen LogP contribution in [-0.4, -0.2) is 30.8 Å². The summed E-state index contributed by atoms with van der Waals surface area (Å²) in [6.45, 7) is 10.5. The zero-order valence-electron chi connectivity index (χ0n) is 20.7. The van der Waals surface area contributed by atoms with Crippen molar-refractivity contribution in [1.29, 1.82) is 0 Å². The Kier molecular flexibility index (Phi) is 8.88. The van der Waals surface area contributed by atoms with Crippen LogP contribution in [-0.2, 0) is 16.1 Å². The molecule has 32 heavy (non-hydrogen) atoms. The van der Waals surface area contributed by atoms with E-state index in [1.165, 1.54) is 0 Å². The van der Waals surface area contributed by atoms with Crippen LogP contribution in [0.1, 0.15) is 71.0 Å². The maximum Gasteiger partial charge on any atom is 0.228 e. The fourth-order valence-electron chi connectivity index (χ4n) is 3.70. The summed E-state index contributed by atoms with van der Waals surface area (Å²) in [6.07, 6.45) is 2.37. The van der Waals surface area contributed by atoms with Crippen LogP contribution in [0.15, 0.2) is 48.5 Å². The predicted octanol–water partition coefficient (Wildman–Crippen LogP) is 6.02. The Bertz CT molecular complexity index is 901. The van der Waals surface area contributed by atoms with Crippen LogP contribution in [0.2, 0.25) is 0 Å². The van der Waals surface area contributed by atoms with E-state index in [2.05, 4.69) is 31.3 Å². The van der Waals surface area contributed by atoms with Crippen molar-refractivity contribution in [3.63, 3.8) is 0 Å². The van der Waals surface area contributed by atoms with Gasteiger partial charge in [-0.3, -0.25) is 9.59 Å². The molecule has 0 spiro atoms. The van der Waals surface area contributed by atoms with E-state index in [-0.39, 0.29) is 17.9 Å². The first-order valence-corrected chi connectivity index (χ1v) is 11.5. The second-order valence-electron chi connectivity index (χ2n) is 9.66. The maximum absolute atomic E-state index is 13.5. The second-order valence-corrected chi connectivity index (χ2v) is 9.66. The minimum absolute atomic E-state index is 0.0238. The maximum atomic E-state index is 13.5. The molecule has 2 amide bonds. The molecule has 0 aliphatic heterocycles. The molecule has 0 saturated heterocycles. The fraction of sp³-hybridized carbons (Fsp3) is 0.481. The summed E-state index contributed by atoms with van der Waals surface area (Å²) in [6, 6.07) is 16.0. The number of carbonyl (C=O) groups is 2. The van der Waals surface area contributed by atoms with Crippen LogP contribution >= 0.6 is 0 Å². The average molecular weight is 438 g/mol. The van der Waals surface area contributed by atoms with Crippen LogP contribution in [0, 0.1) is 5.41 Å². The van der Waals surface area contributed by atoms with Crippen molar-refractivity contribution >= 4 is 23.2 Å². The Morgan fingerprint density at radius 3 is 2.25 bits per heavy atom. The minimum atomic E-state index is -0.507. The second kappa shape index (κ2) is 11.2. The van der Waals surface area contributed by atoms with Gasteiger partial charge in [-0.1, -0.05) is 64.4 Å². The molecule has 2 rings (SSSR count). The first kappa shape index (κ1) is 25.4. The van der Waals surface area contributed by atoms with Crippen LogP contribution in [0.4, 0.5) is 11.4 Å². The quantitative estimate of drug-likeness (QED) is 0.522. The van der Waals surface area contributed by atoms with E-state index in [0.717, 1.165) is 35.3 Å². The van der Waals surface area contributed by atoms with Crippen molar-refractivity contribution in [2.75, 3.05) is 24.3 Å². The van der Waals surface area contributed by atoms with Gasteiger partial charge in [0.25, 0.3) is 0 Å². The Morgan fingerprint density at radius 1 is 1.03 bits per heavy atom. The lowest BCUT2D eigenvalue weighted by molar-refractivity contribution is -0.142. The molecule has 1 N–H and O–H groups in total. The number of hydrogen-bond donors (Lipinski definition) is 1. The van der Waals surface area contributed by atoms with E-state index in [1.807, 2.05) is 81.1 Å². The summed E-state index contributed by atoms with van der Waals surface area (Å²) in [5.74, 6) is 0.117. The Hall–Kier alpha value is -2.82. The Labute approximate surface area is 193 Å². The molecule has 5 nitrogen and oxygen atoms in total. The van der Waals surface area contributed by atoms with Gasteiger partial charge in [0, 0.05) is 43.9 Å². The fourth-order valence-corrected chi connectivity index (χ4v) is 3.70. The zero-order chi connectivity index (χ0) is 23.9. The highest BCUT2D eigenvalue weighted by Crippen LogP contribution is 2.32. The van der Waals surface area contributed by atoms with Gasteiger partial charge < -0.3 is 15.1 Å². The third-order valence-corrected chi connectivity index (χ3v) is 5.60. The predicted molar refractivity (Wildman–Crippen MR) is 134 cm³/mol. The summed E-state index contributed by atoms with van der Waals surface area (Å²) in [5.41, 5.74) is 3.39. The highest BCUT2D eigenvalue weighted by Gasteiger charge is 2.31. The third kappa shape index (κ3) is 6.84. The van der Waals surface area contributed by atoms with E-state index in [0.29, 0.717) is 13.0 Å². The number of benzene rings is 2. The van der Waals surface area contributed by atoms with Gasteiger partial charge in [0.1, 0.15) is 0 Å². The Morgan fingerprint density at radius 2 is 1.69 bits per heavy atom. The SMILES string of the molecule is CCCCC(=O)Nc1ccc(N(C)C)c(CN(C(=O)C(C)(C)C)[C@@H](C)c2ccccc2)c1. The summed E-state index contributed by atoms with van der Waals surface area (Å²) in [5, 5.41) is 3.02. The van der Waals surface area contributed by atoms with Crippen molar-refractivity contribution in [3.8, 4) is 0 Å². The smallest absolute Gasteiger partial charge is 0.228 e. The van der Waals surface area contributed by atoms with E-state index >= 15 is 0 Å². The number of anilines is 2. The van der Waals surface area contributed by atoms with Gasteiger partial charge in [-0.15, -0.1) is 0 Å². The molecule has 5 heteroatoms. The lowest BCUT2D eigenvalue weighted by Crippen LogP contribution is -2.40. The first-order valence-electron chi connectivity index (χ1n) is 11.5. The molecule has 0 saturated carbocycles. The van der Waals surface area contributed by atoms with Crippen molar-refractivity contribution < 1.29 is 9.59 Å². The van der Waals surface area contributed by atoms with Crippen molar-refractivity contribution in [1.82, 2.24) is 4.90 Å². The van der Waals surface area contributed by atoms with Gasteiger partial charge in [0.2, 0.25) is 11.8 Å². The average Bonchev–Trinajstić information content (AvgIpc) is 2.75. The lowest BCUT2D eigenvalue weighted by atomic mass is 9.92. The highest BCUT2D eigenvalue weighted by atomic mass is 16.2. The van der Waals surface area contributed by atoms with Crippen molar-refractivity contribution in [2.45, 2.75) is 66.5 Å². The summed E-state index contributed by atoms with van der Waals surface area (Å²) >= 11 is 0. The van der Waals surface area contributed by atoms with E-state index in [9.17, 15) is 9.59 Å². The summed E-state index contributed by atoms with van der Waals surface area (Å²) < 4.78 is 0. The zero-order valence-corrected chi connectivity index (χ0v) is 20.7. The third-order valence-electron chi connectivity index (χ3n) is 5.60.